The molecule has 0 aliphatic carbocycles. The summed E-state index contributed by atoms with van der Waals surface area (Å²) >= 11 is 0. The van der Waals surface area contributed by atoms with Crippen molar-refractivity contribution in [2.24, 2.45) is 0 Å². The van der Waals surface area contributed by atoms with Crippen LogP contribution in [0.25, 0.3) is 11.3 Å². The Morgan fingerprint density at radius 2 is 1.83 bits per heavy atom. The first-order valence-electron chi connectivity index (χ1n) is 10.0. The third-order valence-corrected chi connectivity index (χ3v) is 5.22. The standard InChI is InChI=1S/C23H25FN4O/c1-3-4-21(29)27-13-14-28-20(15-27)26-22(17-7-9-18(24)10-8-17)23(28)25-19-11-5-16(2)6-12-19/h5-12,25H,3-4,13-15H2,1-2H3. The van der Waals surface area contributed by atoms with Gasteiger partial charge in [0.15, 0.2) is 0 Å². The molecule has 0 atom stereocenters. The van der Waals surface area contributed by atoms with Gasteiger partial charge in [0.2, 0.25) is 5.91 Å². The first kappa shape index (κ1) is 19.2. The number of aryl methyl sites for hydroxylation is 1. The second-order valence-corrected chi connectivity index (χ2v) is 7.44. The maximum Gasteiger partial charge on any atom is 0.223 e. The monoisotopic (exact) mass is 392 g/mol. The number of carbonyl (C=O) groups is 1. The van der Waals surface area contributed by atoms with Crippen molar-refractivity contribution < 1.29 is 9.18 Å². The second-order valence-electron chi connectivity index (χ2n) is 7.44. The number of fused-ring (bicyclic) bond motifs is 1. The number of nitrogens with one attached hydrogen (secondary N) is 1. The van der Waals surface area contributed by atoms with Gasteiger partial charge in [0.05, 0.1) is 6.54 Å². The third kappa shape index (κ3) is 4.01. The SMILES string of the molecule is CCCC(=O)N1CCn2c(nc(-c3ccc(F)cc3)c2Nc2ccc(C)cc2)C1. The van der Waals surface area contributed by atoms with Crippen molar-refractivity contribution in [2.45, 2.75) is 39.8 Å². The topological polar surface area (TPSA) is 50.2 Å². The van der Waals surface area contributed by atoms with E-state index in [1.807, 2.05) is 24.0 Å². The van der Waals surface area contributed by atoms with Crippen LogP contribution in [0.3, 0.4) is 0 Å². The summed E-state index contributed by atoms with van der Waals surface area (Å²) in [5, 5.41) is 3.49. The van der Waals surface area contributed by atoms with Crippen molar-refractivity contribution >= 4 is 17.4 Å². The maximum atomic E-state index is 13.4. The lowest BCUT2D eigenvalue weighted by Crippen LogP contribution is -2.38. The highest BCUT2D eigenvalue weighted by atomic mass is 19.1. The molecule has 0 radical (unpaired) electrons. The summed E-state index contributed by atoms with van der Waals surface area (Å²) < 4.78 is 15.6. The average Bonchev–Trinajstić information content (AvgIpc) is 3.08. The van der Waals surface area contributed by atoms with E-state index in [0.29, 0.717) is 26.1 Å². The van der Waals surface area contributed by atoms with Crippen LogP contribution in [0.1, 0.15) is 31.2 Å². The van der Waals surface area contributed by atoms with Crippen LogP contribution in [0.4, 0.5) is 15.9 Å². The number of nitrogens with zero attached hydrogens (tertiary/aromatic N) is 3. The Labute approximate surface area is 170 Å². The zero-order valence-corrected chi connectivity index (χ0v) is 16.8. The minimum Gasteiger partial charge on any atom is -0.340 e. The molecule has 1 aliphatic heterocycles. The van der Waals surface area contributed by atoms with E-state index in [4.69, 9.17) is 4.98 Å². The zero-order chi connectivity index (χ0) is 20.4. The van der Waals surface area contributed by atoms with E-state index in [2.05, 4.69) is 28.9 Å². The number of halogens is 1. The highest BCUT2D eigenvalue weighted by Gasteiger charge is 2.26. The van der Waals surface area contributed by atoms with Crippen molar-refractivity contribution in [3.8, 4) is 11.3 Å². The molecule has 1 aromatic heterocycles. The lowest BCUT2D eigenvalue weighted by molar-refractivity contribution is -0.132. The number of hydrogen-bond donors (Lipinski definition) is 1. The van der Waals surface area contributed by atoms with E-state index >= 15 is 0 Å². The molecule has 1 amide bonds. The highest BCUT2D eigenvalue weighted by Crippen LogP contribution is 2.33. The Bertz CT molecular complexity index is 1010. The van der Waals surface area contributed by atoms with Crippen LogP contribution in [0.5, 0.6) is 0 Å². The number of rotatable bonds is 5. The second kappa shape index (κ2) is 8.07. The molecular weight excluding hydrogens is 367 g/mol. The molecule has 29 heavy (non-hydrogen) atoms. The maximum absolute atomic E-state index is 13.4. The van der Waals surface area contributed by atoms with E-state index in [9.17, 15) is 9.18 Å². The number of benzene rings is 2. The number of amides is 1. The summed E-state index contributed by atoms with van der Waals surface area (Å²) in [5.41, 5.74) is 3.76. The quantitative estimate of drug-likeness (QED) is 0.673. The Hall–Kier alpha value is -3.15. The first-order valence-corrected chi connectivity index (χ1v) is 10.0. The van der Waals surface area contributed by atoms with Crippen LogP contribution in [0.2, 0.25) is 0 Å². The molecule has 1 aliphatic rings. The first-order chi connectivity index (χ1) is 14.0. The normalized spacial score (nSPS) is 13.3. The molecule has 0 bridgehead atoms. The number of carbonyl (C=O) groups excluding carboxylic acids is 1. The molecule has 150 valence electrons. The van der Waals surface area contributed by atoms with Crippen molar-refractivity contribution in [1.82, 2.24) is 14.5 Å². The number of imidazole rings is 1. The van der Waals surface area contributed by atoms with Gasteiger partial charge in [-0.3, -0.25) is 4.79 Å². The Balaban J connectivity index is 1.72. The Morgan fingerprint density at radius 3 is 2.52 bits per heavy atom. The van der Waals surface area contributed by atoms with Gasteiger partial charge in [-0.05, 0) is 49.7 Å². The van der Waals surface area contributed by atoms with Gasteiger partial charge in [0.25, 0.3) is 0 Å². The van der Waals surface area contributed by atoms with Gasteiger partial charge >= 0.3 is 0 Å². The predicted octanol–water partition coefficient (Wildman–Crippen LogP) is 4.88. The molecule has 2 heterocycles. The predicted molar refractivity (Wildman–Crippen MR) is 112 cm³/mol. The Morgan fingerprint density at radius 1 is 1.10 bits per heavy atom. The molecule has 4 rings (SSSR count). The van der Waals surface area contributed by atoms with Crippen molar-refractivity contribution in [1.29, 1.82) is 0 Å². The van der Waals surface area contributed by atoms with Crippen LogP contribution in [-0.4, -0.2) is 26.9 Å². The van der Waals surface area contributed by atoms with Crippen molar-refractivity contribution in [3.63, 3.8) is 0 Å². The van der Waals surface area contributed by atoms with Gasteiger partial charge < -0.3 is 14.8 Å². The lowest BCUT2D eigenvalue weighted by atomic mass is 10.1. The van der Waals surface area contributed by atoms with Gasteiger partial charge in [-0.25, -0.2) is 9.37 Å². The van der Waals surface area contributed by atoms with Crippen LogP contribution in [0, 0.1) is 12.7 Å². The molecule has 2 aromatic carbocycles. The summed E-state index contributed by atoms with van der Waals surface area (Å²) in [6, 6.07) is 14.5. The molecule has 0 unspecified atom stereocenters. The third-order valence-electron chi connectivity index (χ3n) is 5.22. The summed E-state index contributed by atoms with van der Waals surface area (Å²) in [6.07, 6.45) is 1.39. The molecular formula is C23H25FN4O. The molecule has 3 aromatic rings. The van der Waals surface area contributed by atoms with Crippen LogP contribution >= 0.6 is 0 Å². The van der Waals surface area contributed by atoms with Gasteiger partial charge in [0, 0.05) is 30.8 Å². The fourth-order valence-corrected chi connectivity index (χ4v) is 3.63. The Kier molecular flexibility index (Phi) is 5.34. The number of hydrogen-bond acceptors (Lipinski definition) is 3. The molecule has 1 N–H and O–H groups in total. The van der Waals surface area contributed by atoms with Crippen molar-refractivity contribution in [3.05, 3.63) is 65.7 Å². The highest BCUT2D eigenvalue weighted by molar-refractivity contribution is 5.78. The van der Waals surface area contributed by atoms with Gasteiger partial charge in [-0.15, -0.1) is 0 Å². The van der Waals surface area contributed by atoms with Crippen LogP contribution < -0.4 is 5.32 Å². The molecule has 0 spiro atoms. The van der Waals surface area contributed by atoms with Crippen molar-refractivity contribution in [2.75, 3.05) is 11.9 Å². The fourth-order valence-electron chi connectivity index (χ4n) is 3.63. The van der Waals surface area contributed by atoms with E-state index in [1.165, 1.54) is 17.7 Å². The van der Waals surface area contributed by atoms with E-state index in [1.54, 1.807) is 12.1 Å². The minimum atomic E-state index is -0.276. The largest absolute Gasteiger partial charge is 0.340 e. The van der Waals surface area contributed by atoms with Crippen LogP contribution in [0.15, 0.2) is 48.5 Å². The summed E-state index contributed by atoms with van der Waals surface area (Å²) in [6.45, 7) is 5.89. The van der Waals surface area contributed by atoms with Gasteiger partial charge in [-0.1, -0.05) is 24.6 Å². The summed E-state index contributed by atoms with van der Waals surface area (Å²) in [7, 11) is 0. The van der Waals surface area contributed by atoms with E-state index in [0.717, 1.165) is 35.0 Å². The fraction of sp³-hybridized carbons (Fsp3) is 0.304. The molecule has 0 saturated carbocycles. The van der Waals surface area contributed by atoms with Gasteiger partial charge in [0.1, 0.15) is 23.2 Å². The molecule has 6 heteroatoms. The molecule has 0 saturated heterocycles. The van der Waals surface area contributed by atoms with E-state index < -0.39 is 0 Å². The number of anilines is 2. The zero-order valence-electron chi connectivity index (χ0n) is 16.8. The number of aromatic nitrogens is 2. The smallest absolute Gasteiger partial charge is 0.223 e. The van der Waals surface area contributed by atoms with E-state index in [-0.39, 0.29) is 11.7 Å². The summed E-state index contributed by atoms with van der Waals surface area (Å²) in [4.78, 5) is 19.1. The molecule has 0 fully saturated rings. The average molecular weight is 392 g/mol. The van der Waals surface area contributed by atoms with Gasteiger partial charge in [-0.2, -0.15) is 0 Å². The van der Waals surface area contributed by atoms with Crippen LogP contribution in [-0.2, 0) is 17.9 Å². The lowest BCUT2D eigenvalue weighted by Gasteiger charge is -2.28. The minimum absolute atomic E-state index is 0.165. The molecule has 5 nitrogen and oxygen atoms in total. The summed E-state index contributed by atoms with van der Waals surface area (Å²) in [5.74, 6) is 1.60.